The Hall–Kier alpha value is 0.270. The van der Waals surface area contributed by atoms with Gasteiger partial charge in [0.1, 0.15) is 5.72 Å². The van der Waals surface area contributed by atoms with Gasteiger partial charge in [0.15, 0.2) is 0 Å². The molecule has 54 valence electrons. The quantitative estimate of drug-likeness (QED) is 0.591. The fraction of sp³-hybridized carbons (Fsp3) is 1.00. The van der Waals surface area contributed by atoms with Crippen molar-refractivity contribution in [2.45, 2.75) is 19.6 Å². The molecule has 0 bridgehead atoms. The van der Waals surface area contributed by atoms with Crippen molar-refractivity contribution >= 4 is 11.8 Å². The predicted octanol–water partition coefficient (Wildman–Crippen LogP) is 0.721. The van der Waals surface area contributed by atoms with E-state index < -0.39 is 5.72 Å². The Labute approximate surface area is 60.2 Å². The molecule has 9 heavy (non-hydrogen) atoms. The molecule has 0 saturated carbocycles. The third-order valence-electron chi connectivity index (χ3n) is 1.53. The molecule has 0 atom stereocenters. The molecule has 1 saturated heterocycles. The molecule has 0 aromatic heterocycles. The van der Waals surface area contributed by atoms with Crippen molar-refractivity contribution in [2.75, 3.05) is 18.2 Å². The van der Waals surface area contributed by atoms with Gasteiger partial charge >= 0.3 is 0 Å². The van der Waals surface area contributed by atoms with Crippen LogP contribution in [0, 0.1) is 0 Å². The summed E-state index contributed by atoms with van der Waals surface area (Å²) in [5, 5.41) is 9.43. The highest BCUT2D eigenvalue weighted by atomic mass is 32.2. The van der Waals surface area contributed by atoms with Crippen molar-refractivity contribution in [3.63, 3.8) is 0 Å². The van der Waals surface area contributed by atoms with E-state index >= 15 is 0 Å². The zero-order chi connectivity index (χ0) is 6.91. The third kappa shape index (κ3) is 1.85. The topological polar surface area (TPSA) is 23.5 Å². The Morgan fingerprint density at radius 1 is 1.56 bits per heavy atom. The summed E-state index contributed by atoms with van der Waals surface area (Å²) in [5.41, 5.74) is -0.608. The van der Waals surface area contributed by atoms with E-state index in [0.717, 1.165) is 18.2 Å². The number of aliphatic hydroxyl groups is 1. The molecule has 1 N–H and O–H groups in total. The van der Waals surface area contributed by atoms with Crippen LogP contribution in [0.25, 0.3) is 0 Å². The van der Waals surface area contributed by atoms with Crippen molar-refractivity contribution < 1.29 is 5.11 Å². The van der Waals surface area contributed by atoms with Crippen LogP contribution in [0.3, 0.4) is 0 Å². The van der Waals surface area contributed by atoms with E-state index in [1.165, 1.54) is 0 Å². The number of hydrogen-bond acceptors (Lipinski definition) is 3. The second-order valence-corrected chi connectivity index (χ2v) is 3.87. The molecule has 3 heteroatoms. The number of thioether (sulfide) groups is 1. The van der Waals surface area contributed by atoms with Gasteiger partial charge in [-0.2, -0.15) is 0 Å². The minimum Gasteiger partial charge on any atom is -0.376 e. The largest absolute Gasteiger partial charge is 0.376 e. The van der Waals surface area contributed by atoms with Gasteiger partial charge in [-0.1, -0.05) is 0 Å². The molecule has 1 aliphatic rings. The highest BCUT2D eigenvalue weighted by Gasteiger charge is 2.25. The fourth-order valence-electron chi connectivity index (χ4n) is 0.846. The van der Waals surface area contributed by atoms with Gasteiger partial charge in [-0.3, -0.25) is 4.90 Å². The Kier molecular flexibility index (Phi) is 2.03. The van der Waals surface area contributed by atoms with Crippen LogP contribution in [-0.2, 0) is 0 Å². The van der Waals surface area contributed by atoms with E-state index in [-0.39, 0.29) is 0 Å². The minimum absolute atomic E-state index is 0.608. The zero-order valence-electron chi connectivity index (χ0n) is 5.92. The van der Waals surface area contributed by atoms with Crippen LogP contribution >= 0.6 is 11.8 Å². The molecular weight excluding hydrogens is 134 g/mol. The summed E-state index contributed by atoms with van der Waals surface area (Å²) in [6.45, 7) is 4.69. The standard InChI is InChI=1S/C6H13NOS/c1-6(2,8)7-3-4-9-5-7/h8H,3-5H2,1-2H3. The Morgan fingerprint density at radius 3 is 2.44 bits per heavy atom. The summed E-state index contributed by atoms with van der Waals surface area (Å²) in [4.78, 5) is 2.07. The first-order valence-electron chi connectivity index (χ1n) is 3.16. The van der Waals surface area contributed by atoms with Gasteiger partial charge in [-0.15, -0.1) is 11.8 Å². The van der Waals surface area contributed by atoms with Gasteiger partial charge < -0.3 is 5.11 Å². The monoisotopic (exact) mass is 147 g/mol. The highest BCUT2D eigenvalue weighted by Crippen LogP contribution is 2.20. The predicted molar refractivity (Wildman–Crippen MR) is 40.3 cm³/mol. The summed E-state index contributed by atoms with van der Waals surface area (Å²) in [5.74, 6) is 2.13. The van der Waals surface area contributed by atoms with Crippen molar-refractivity contribution in [1.82, 2.24) is 4.90 Å². The van der Waals surface area contributed by atoms with E-state index in [1.54, 1.807) is 0 Å². The van der Waals surface area contributed by atoms with Crippen LogP contribution in [-0.4, -0.2) is 33.9 Å². The fourth-order valence-corrected chi connectivity index (χ4v) is 1.99. The molecule has 0 spiro atoms. The van der Waals surface area contributed by atoms with Gasteiger partial charge in [0.25, 0.3) is 0 Å². The van der Waals surface area contributed by atoms with Gasteiger partial charge in [0, 0.05) is 18.2 Å². The van der Waals surface area contributed by atoms with Gasteiger partial charge in [0.2, 0.25) is 0 Å². The molecule has 1 aliphatic heterocycles. The molecule has 1 heterocycles. The van der Waals surface area contributed by atoms with Crippen molar-refractivity contribution in [1.29, 1.82) is 0 Å². The van der Waals surface area contributed by atoms with Gasteiger partial charge in [-0.25, -0.2) is 0 Å². The molecule has 0 unspecified atom stereocenters. The van der Waals surface area contributed by atoms with Gasteiger partial charge in [0.05, 0.1) is 0 Å². The second kappa shape index (κ2) is 2.48. The lowest BCUT2D eigenvalue weighted by atomic mass is 10.3. The summed E-state index contributed by atoms with van der Waals surface area (Å²) in [6.07, 6.45) is 0. The Balaban J connectivity index is 2.42. The Morgan fingerprint density at radius 2 is 2.22 bits per heavy atom. The lowest BCUT2D eigenvalue weighted by molar-refractivity contribution is -0.0602. The van der Waals surface area contributed by atoms with E-state index in [9.17, 15) is 5.11 Å². The summed E-state index contributed by atoms with van der Waals surface area (Å²) in [7, 11) is 0. The lowest BCUT2D eigenvalue weighted by Crippen LogP contribution is -2.41. The van der Waals surface area contributed by atoms with Crippen molar-refractivity contribution in [3.05, 3.63) is 0 Å². The smallest absolute Gasteiger partial charge is 0.113 e. The zero-order valence-corrected chi connectivity index (χ0v) is 6.74. The summed E-state index contributed by atoms with van der Waals surface area (Å²) >= 11 is 1.87. The summed E-state index contributed by atoms with van der Waals surface area (Å²) < 4.78 is 0. The normalized spacial score (nSPS) is 23.0. The third-order valence-corrected chi connectivity index (χ3v) is 2.49. The SMILES string of the molecule is CC(C)(O)N1CCSC1. The number of hydrogen-bond donors (Lipinski definition) is 1. The molecule has 1 rings (SSSR count). The molecule has 0 aromatic carbocycles. The first kappa shape index (κ1) is 7.38. The molecular formula is C6H13NOS. The second-order valence-electron chi connectivity index (χ2n) is 2.80. The Bertz CT molecular complexity index is 93.7. The van der Waals surface area contributed by atoms with E-state index in [2.05, 4.69) is 4.90 Å². The lowest BCUT2D eigenvalue weighted by Gasteiger charge is -2.28. The molecule has 0 amide bonds. The highest BCUT2D eigenvalue weighted by molar-refractivity contribution is 7.99. The van der Waals surface area contributed by atoms with Crippen LogP contribution in [0.1, 0.15) is 13.8 Å². The minimum atomic E-state index is -0.608. The van der Waals surface area contributed by atoms with Crippen LogP contribution in [0.4, 0.5) is 0 Å². The molecule has 2 nitrogen and oxygen atoms in total. The summed E-state index contributed by atoms with van der Waals surface area (Å²) in [6, 6.07) is 0. The molecule has 1 fully saturated rings. The maximum absolute atomic E-state index is 9.43. The van der Waals surface area contributed by atoms with Crippen molar-refractivity contribution in [3.8, 4) is 0 Å². The van der Waals surface area contributed by atoms with Gasteiger partial charge in [-0.05, 0) is 13.8 Å². The van der Waals surface area contributed by atoms with Crippen LogP contribution < -0.4 is 0 Å². The van der Waals surface area contributed by atoms with Crippen LogP contribution in [0.2, 0.25) is 0 Å². The van der Waals surface area contributed by atoms with E-state index in [1.807, 2.05) is 25.6 Å². The van der Waals surface area contributed by atoms with Crippen molar-refractivity contribution in [2.24, 2.45) is 0 Å². The first-order chi connectivity index (χ1) is 4.11. The first-order valence-corrected chi connectivity index (χ1v) is 4.31. The van der Waals surface area contributed by atoms with E-state index in [0.29, 0.717) is 0 Å². The van der Waals surface area contributed by atoms with Crippen LogP contribution in [0.15, 0.2) is 0 Å². The maximum Gasteiger partial charge on any atom is 0.113 e. The average Bonchev–Trinajstić information content (AvgIpc) is 2.08. The van der Waals surface area contributed by atoms with E-state index in [4.69, 9.17) is 0 Å². The molecule has 0 radical (unpaired) electrons. The molecule has 0 aliphatic carbocycles. The number of rotatable bonds is 1. The average molecular weight is 147 g/mol. The maximum atomic E-state index is 9.43. The number of nitrogens with zero attached hydrogens (tertiary/aromatic N) is 1. The molecule has 0 aromatic rings. The van der Waals surface area contributed by atoms with Crippen LogP contribution in [0.5, 0.6) is 0 Å².